The summed E-state index contributed by atoms with van der Waals surface area (Å²) in [5, 5.41) is 14.2. The minimum absolute atomic E-state index is 0.00388. The fraction of sp³-hybridized carbons (Fsp3) is 0.588. The molecular formula is C17H23N3O3. The molecule has 6 heteroatoms. The molecule has 2 heterocycles. The maximum Gasteiger partial charge on any atom is 0.358 e. The third kappa shape index (κ3) is 3.63. The fourth-order valence-corrected chi connectivity index (χ4v) is 3.27. The molecule has 0 aromatic carbocycles. The summed E-state index contributed by atoms with van der Waals surface area (Å²) in [4.78, 5) is 16.3. The molecule has 0 radical (unpaired) electrons. The molecular weight excluding hydrogens is 294 g/mol. The van der Waals surface area contributed by atoms with Crippen LogP contribution in [0.3, 0.4) is 0 Å². The summed E-state index contributed by atoms with van der Waals surface area (Å²) in [6, 6.07) is 3.19. The van der Waals surface area contributed by atoms with E-state index in [4.69, 9.17) is 4.74 Å². The lowest BCUT2D eigenvalue weighted by Gasteiger charge is -2.21. The first-order chi connectivity index (χ1) is 11.2. The minimum Gasteiger partial charge on any atom is -0.493 e. The van der Waals surface area contributed by atoms with Crippen LogP contribution in [0.2, 0.25) is 0 Å². The molecule has 0 bridgehead atoms. The van der Waals surface area contributed by atoms with Crippen LogP contribution >= 0.6 is 0 Å². The molecule has 1 fully saturated rings. The van der Waals surface area contributed by atoms with Crippen molar-refractivity contribution in [1.82, 2.24) is 14.6 Å². The molecule has 2 aromatic rings. The summed E-state index contributed by atoms with van der Waals surface area (Å²) >= 11 is 0. The van der Waals surface area contributed by atoms with Crippen LogP contribution in [0.1, 0.15) is 61.6 Å². The highest BCUT2D eigenvalue weighted by Gasteiger charge is 2.17. The van der Waals surface area contributed by atoms with Gasteiger partial charge in [0.1, 0.15) is 0 Å². The normalized spacial score (nSPS) is 15.9. The van der Waals surface area contributed by atoms with Gasteiger partial charge in [-0.1, -0.05) is 32.1 Å². The molecule has 1 N–H and O–H groups in total. The van der Waals surface area contributed by atoms with Crippen molar-refractivity contribution < 1.29 is 14.6 Å². The number of nitrogens with zero attached hydrogens (tertiary/aromatic N) is 3. The molecule has 6 nitrogen and oxygen atoms in total. The Labute approximate surface area is 135 Å². The number of fused-ring (bicyclic) bond motifs is 1. The lowest BCUT2D eigenvalue weighted by molar-refractivity contribution is 0.0519. The summed E-state index contributed by atoms with van der Waals surface area (Å²) in [7, 11) is 0. The first-order valence-corrected chi connectivity index (χ1v) is 8.43. The van der Waals surface area contributed by atoms with Crippen molar-refractivity contribution in [1.29, 1.82) is 0 Å². The van der Waals surface area contributed by atoms with E-state index in [0.29, 0.717) is 12.3 Å². The van der Waals surface area contributed by atoms with Gasteiger partial charge in [0.05, 0.1) is 6.61 Å². The van der Waals surface area contributed by atoms with Crippen LogP contribution in [0.15, 0.2) is 12.1 Å². The maximum absolute atomic E-state index is 11.7. The highest BCUT2D eigenvalue weighted by atomic mass is 16.5. The number of hydrogen-bond acceptors (Lipinski definition) is 5. The molecule has 0 spiro atoms. The smallest absolute Gasteiger partial charge is 0.358 e. The van der Waals surface area contributed by atoms with Crippen molar-refractivity contribution in [2.45, 2.75) is 51.9 Å². The van der Waals surface area contributed by atoms with E-state index >= 15 is 0 Å². The van der Waals surface area contributed by atoms with Gasteiger partial charge in [-0.2, -0.15) is 9.61 Å². The monoisotopic (exact) mass is 317 g/mol. The van der Waals surface area contributed by atoms with Crippen LogP contribution in [0.25, 0.3) is 5.65 Å². The number of aromatic nitrogens is 3. The molecule has 1 aliphatic rings. The summed E-state index contributed by atoms with van der Waals surface area (Å²) in [5.41, 5.74) is 1.49. The molecule has 124 valence electrons. The van der Waals surface area contributed by atoms with E-state index in [-0.39, 0.29) is 11.6 Å². The van der Waals surface area contributed by atoms with Crippen molar-refractivity contribution in [3.8, 4) is 5.88 Å². The Bertz CT molecular complexity index is 690. The molecule has 1 saturated carbocycles. The van der Waals surface area contributed by atoms with Gasteiger partial charge in [0.2, 0.25) is 5.88 Å². The number of aromatic hydroxyl groups is 1. The van der Waals surface area contributed by atoms with Crippen LogP contribution in [-0.4, -0.2) is 32.3 Å². The predicted octanol–water partition coefficient (Wildman–Crippen LogP) is 3.12. The zero-order valence-corrected chi connectivity index (χ0v) is 13.5. The minimum atomic E-state index is -0.499. The number of ether oxygens (including phenoxy) is 1. The molecule has 3 rings (SSSR count). The summed E-state index contributed by atoms with van der Waals surface area (Å²) in [6.07, 6.45) is 8.55. The predicted molar refractivity (Wildman–Crippen MR) is 85.5 cm³/mol. The van der Waals surface area contributed by atoms with Crippen molar-refractivity contribution in [2.75, 3.05) is 6.61 Å². The Morgan fingerprint density at radius 1 is 1.35 bits per heavy atom. The second kappa shape index (κ2) is 6.98. The fourth-order valence-electron chi connectivity index (χ4n) is 3.27. The SMILES string of the molecule is CCOC(=O)c1cc2nc(CCC3CCCCC3)cc(O)n2n1. The van der Waals surface area contributed by atoms with Gasteiger partial charge in [-0.25, -0.2) is 9.78 Å². The Kier molecular flexibility index (Phi) is 4.79. The van der Waals surface area contributed by atoms with Crippen LogP contribution < -0.4 is 0 Å². The maximum atomic E-state index is 11.7. The number of hydrogen-bond donors (Lipinski definition) is 1. The third-order valence-corrected chi connectivity index (χ3v) is 4.48. The van der Waals surface area contributed by atoms with E-state index in [1.807, 2.05) is 0 Å². The Morgan fingerprint density at radius 2 is 2.13 bits per heavy atom. The van der Waals surface area contributed by atoms with Crippen molar-refractivity contribution >= 4 is 11.6 Å². The number of esters is 1. The number of carbonyl (C=O) groups is 1. The van der Waals surface area contributed by atoms with E-state index in [1.54, 1.807) is 19.1 Å². The van der Waals surface area contributed by atoms with Gasteiger partial charge in [0, 0.05) is 17.8 Å². The van der Waals surface area contributed by atoms with Crippen LogP contribution in [0.5, 0.6) is 5.88 Å². The molecule has 0 saturated heterocycles. The molecule has 0 amide bonds. The Morgan fingerprint density at radius 3 is 2.87 bits per heavy atom. The van der Waals surface area contributed by atoms with Gasteiger partial charge in [0.25, 0.3) is 0 Å². The quantitative estimate of drug-likeness (QED) is 0.857. The first kappa shape index (κ1) is 15.8. The average molecular weight is 317 g/mol. The van der Waals surface area contributed by atoms with Crippen molar-refractivity contribution in [3.63, 3.8) is 0 Å². The first-order valence-electron chi connectivity index (χ1n) is 8.43. The molecule has 0 unspecified atom stereocenters. The number of rotatable bonds is 5. The Hall–Kier alpha value is -2.11. The zero-order chi connectivity index (χ0) is 16.2. The molecule has 23 heavy (non-hydrogen) atoms. The average Bonchev–Trinajstić information content (AvgIpc) is 2.99. The van der Waals surface area contributed by atoms with Crippen molar-refractivity contribution in [3.05, 3.63) is 23.5 Å². The van der Waals surface area contributed by atoms with Gasteiger partial charge in [0.15, 0.2) is 11.3 Å². The lowest BCUT2D eigenvalue weighted by Crippen LogP contribution is -2.08. The highest BCUT2D eigenvalue weighted by molar-refractivity contribution is 5.88. The van der Waals surface area contributed by atoms with Gasteiger partial charge >= 0.3 is 5.97 Å². The molecule has 2 aromatic heterocycles. The highest BCUT2D eigenvalue weighted by Crippen LogP contribution is 2.27. The van der Waals surface area contributed by atoms with E-state index in [1.165, 1.54) is 36.6 Å². The second-order valence-corrected chi connectivity index (χ2v) is 6.17. The lowest BCUT2D eigenvalue weighted by atomic mass is 9.86. The van der Waals surface area contributed by atoms with Gasteiger partial charge in [-0.3, -0.25) is 0 Å². The molecule has 0 atom stereocenters. The van der Waals surface area contributed by atoms with E-state index in [2.05, 4.69) is 10.1 Å². The van der Waals surface area contributed by atoms with Crippen molar-refractivity contribution in [2.24, 2.45) is 5.92 Å². The Balaban J connectivity index is 1.75. The number of carbonyl (C=O) groups excluding carboxylic acids is 1. The summed E-state index contributed by atoms with van der Waals surface area (Å²) in [6.45, 7) is 2.03. The summed E-state index contributed by atoms with van der Waals surface area (Å²) in [5.74, 6) is 0.272. The largest absolute Gasteiger partial charge is 0.493 e. The molecule has 0 aliphatic heterocycles. The second-order valence-electron chi connectivity index (χ2n) is 6.17. The molecule has 1 aliphatic carbocycles. The van der Waals surface area contributed by atoms with E-state index in [0.717, 1.165) is 24.5 Å². The van der Waals surface area contributed by atoms with E-state index in [9.17, 15) is 9.90 Å². The van der Waals surface area contributed by atoms with Crippen LogP contribution in [0, 0.1) is 5.92 Å². The van der Waals surface area contributed by atoms with Crippen LogP contribution in [-0.2, 0) is 11.2 Å². The topological polar surface area (TPSA) is 76.7 Å². The van der Waals surface area contributed by atoms with Gasteiger partial charge in [-0.05, 0) is 25.7 Å². The van der Waals surface area contributed by atoms with Gasteiger partial charge < -0.3 is 9.84 Å². The zero-order valence-electron chi connectivity index (χ0n) is 13.5. The van der Waals surface area contributed by atoms with E-state index < -0.39 is 5.97 Å². The van der Waals surface area contributed by atoms with Gasteiger partial charge in [-0.15, -0.1) is 0 Å². The van der Waals surface area contributed by atoms with Crippen LogP contribution in [0.4, 0.5) is 0 Å². The third-order valence-electron chi connectivity index (χ3n) is 4.48. The number of aryl methyl sites for hydroxylation is 1. The summed E-state index contributed by atoms with van der Waals surface area (Å²) < 4.78 is 6.20. The standard InChI is InChI=1S/C17H23N3O3/c1-2-23-17(22)14-11-15-18-13(10-16(21)20(15)19-14)9-8-12-6-4-3-5-7-12/h10-12,21H,2-9H2,1H3.